The number of fused-ring (bicyclic) bond motifs is 4. The second-order valence-corrected chi connectivity index (χ2v) is 7.73. The van der Waals surface area contributed by atoms with Gasteiger partial charge >= 0.3 is 0 Å². The number of carbonyl (C=O) groups is 1. The summed E-state index contributed by atoms with van der Waals surface area (Å²) in [5.74, 6) is 0.536. The van der Waals surface area contributed by atoms with Gasteiger partial charge in [-0.15, -0.1) is 0 Å². The van der Waals surface area contributed by atoms with Gasteiger partial charge in [0.05, 0.1) is 18.0 Å². The first kappa shape index (κ1) is 16.7. The Morgan fingerprint density at radius 1 is 1.30 bits per heavy atom. The number of ether oxygens (including phenoxy) is 1. The normalized spacial score (nSPS) is 24.8. The second kappa shape index (κ2) is 5.79. The maximum atomic E-state index is 14.4. The van der Waals surface area contributed by atoms with E-state index in [0.717, 1.165) is 23.6 Å². The Labute approximate surface area is 157 Å². The number of anilines is 1. The standard InChI is InChI=1S/C20H23FN4O2/c1-27-13-12-25-15-4-2-9-22-17(15)24-10-3-5-16(24)20(25)8-11-23(14-20)18(26)19(21)6-7-19/h2-5,9-10H,6-8,11-14H2,1H3/t20-/m1/s1. The van der Waals surface area contributed by atoms with Gasteiger partial charge < -0.3 is 19.1 Å². The molecule has 1 atom stereocenters. The van der Waals surface area contributed by atoms with E-state index in [1.807, 2.05) is 18.3 Å². The van der Waals surface area contributed by atoms with Gasteiger partial charge in [-0.1, -0.05) is 0 Å². The summed E-state index contributed by atoms with van der Waals surface area (Å²) in [7, 11) is 1.69. The van der Waals surface area contributed by atoms with E-state index in [-0.39, 0.29) is 11.4 Å². The predicted molar refractivity (Wildman–Crippen MR) is 98.7 cm³/mol. The molecular formula is C20H23FN4O2. The van der Waals surface area contributed by atoms with E-state index >= 15 is 0 Å². The van der Waals surface area contributed by atoms with E-state index in [4.69, 9.17) is 4.74 Å². The van der Waals surface area contributed by atoms with Crippen LogP contribution in [-0.2, 0) is 15.1 Å². The molecule has 2 fully saturated rings. The number of halogens is 1. The molecule has 7 heteroatoms. The highest BCUT2D eigenvalue weighted by Crippen LogP contribution is 2.49. The van der Waals surface area contributed by atoms with Crippen LogP contribution in [0.5, 0.6) is 0 Å². The first-order valence-electron chi connectivity index (χ1n) is 9.47. The van der Waals surface area contributed by atoms with Crippen LogP contribution in [-0.4, -0.2) is 59.4 Å². The van der Waals surface area contributed by atoms with Crippen LogP contribution in [0.3, 0.4) is 0 Å². The molecule has 0 unspecified atom stereocenters. The van der Waals surface area contributed by atoms with Gasteiger partial charge in [-0.25, -0.2) is 9.37 Å². The summed E-state index contributed by atoms with van der Waals surface area (Å²) in [4.78, 5) is 21.3. The third-order valence-electron chi connectivity index (χ3n) is 6.15. The highest BCUT2D eigenvalue weighted by Gasteiger charge is 2.57. The van der Waals surface area contributed by atoms with Crippen molar-refractivity contribution in [3.05, 3.63) is 42.4 Å². The zero-order chi connectivity index (χ0) is 18.6. The minimum Gasteiger partial charge on any atom is -0.383 e. The summed E-state index contributed by atoms with van der Waals surface area (Å²) < 4.78 is 21.9. The topological polar surface area (TPSA) is 50.6 Å². The molecule has 0 radical (unpaired) electrons. The average Bonchev–Trinajstić information content (AvgIpc) is 3.11. The molecule has 0 aromatic carbocycles. The fraction of sp³-hybridized carbons (Fsp3) is 0.500. The molecule has 27 heavy (non-hydrogen) atoms. The van der Waals surface area contributed by atoms with Crippen molar-refractivity contribution in [2.75, 3.05) is 38.3 Å². The average molecular weight is 370 g/mol. The van der Waals surface area contributed by atoms with Gasteiger partial charge in [0.15, 0.2) is 11.5 Å². The summed E-state index contributed by atoms with van der Waals surface area (Å²) in [6, 6.07) is 8.09. The molecule has 2 aromatic rings. The number of likely N-dealkylation sites (tertiary alicyclic amines) is 1. The van der Waals surface area contributed by atoms with Gasteiger partial charge in [0.2, 0.25) is 0 Å². The molecule has 0 bridgehead atoms. The molecule has 142 valence electrons. The molecule has 3 aliphatic rings. The van der Waals surface area contributed by atoms with Crippen LogP contribution in [0.15, 0.2) is 36.7 Å². The monoisotopic (exact) mass is 370 g/mol. The van der Waals surface area contributed by atoms with Crippen molar-refractivity contribution < 1.29 is 13.9 Å². The van der Waals surface area contributed by atoms with Gasteiger partial charge in [-0.3, -0.25) is 4.79 Å². The van der Waals surface area contributed by atoms with Gasteiger partial charge in [0, 0.05) is 39.1 Å². The van der Waals surface area contributed by atoms with E-state index < -0.39 is 5.67 Å². The van der Waals surface area contributed by atoms with Gasteiger partial charge in [-0.2, -0.15) is 0 Å². The number of hydrogen-bond donors (Lipinski definition) is 0. The molecule has 1 spiro atoms. The first-order chi connectivity index (χ1) is 13.1. The molecule has 1 saturated heterocycles. The summed E-state index contributed by atoms with van der Waals surface area (Å²) in [5, 5.41) is 0. The lowest BCUT2D eigenvalue weighted by molar-refractivity contribution is -0.137. The van der Waals surface area contributed by atoms with Crippen LogP contribution in [0.4, 0.5) is 10.1 Å². The van der Waals surface area contributed by atoms with E-state index in [1.165, 1.54) is 0 Å². The predicted octanol–water partition coefficient (Wildman–Crippen LogP) is 2.27. The number of rotatable bonds is 4. The Kier molecular flexibility index (Phi) is 3.59. The number of amides is 1. The molecule has 2 aromatic heterocycles. The molecule has 1 saturated carbocycles. The Bertz CT molecular complexity index is 894. The summed E-state index contributed by atoms with van der Waals surface area (Å²) in [6.45, 7) is 2.30. The molecular weight excluding hydrogens is 347 g/mol. The number of aromatic nitrogens is 2. The van der Waals surface area contributed by atoms with Crippen LogP contribution in [0.25, 0.3) is 5.82 Å². The van der Waals surface area contributed by atoms with Crippen molar-refractivity contribution >= 4 is 11.6 Å². The van der Waals surface area contributed by atoms with Gasteiger partial charge in [0.1, 0.15) is 5.54 Å². The van der Waals surface area contributed by atoms with Crippen LogP contribution in [0.2, 0.25) is 0 Å². The van der Waals surface area contributed by atoms with Crippen molar-refractivity contribution in [3.8, 4) is 5.82 Å². The zero-order valence-electron chi connectivity index (χ0n) is 15.4. The smallest absolute Gasteiger partial charge is 0.260 e. The van der Waals surface area contributed by atoms with Crippen LogP contribution in [0, 0.1) is 0 Å². The molecule has 2 aliphatic heterocycles. The quantitative estimate of drug-likeness (QED) is 0.829. The van der Waals surface area contributed by atoms with Crippen molar-refractivity contribution in [3.63, 3.8) is 0 Å². The van der Waals surface area contributed by atoms with Crippen molar-refractivity contribution in [1.82, 2.24) is 14.5 Å². The van der Waals surface area contributed by atoms with Gasteiger partial charge in [0.25, 0.3) is 5.91 Å². The highest BCUT2D eigenvalue weighted by atomic mass is 19.1. The van der Waals surface area contributed by atoms with Crippen LogP contribution < -0.4 is 4.90 Å². The Hall–Kier alpha value is -2.41. The fourth-order valence-corrected chi connectivity index (χ4v) is 4.62. The van der Waals surface area contributed by atoms with Gasteiger partial charge in [-0.05, 0) is 43.5 Å². The number of nitrogens with zero attached hydrogens (tertiary/aromatic N) is 4. The molecule has 4 heterocycles. The van der Waals surface area contributed by atoms with Crippen LogP contribution in [0.1, 0.15) is 25.0 Å². The number of hydrogen-bond acceptors (Lipinski definition) is 4. The Balaban J connectivity index is 1.59. The van der Waals surface area contributed by atoms with E-state index in [1.54, 1.807) is 18.2 Å². The van der Waals surface area contributed by atoms with E-state index in [9.17, 15) is 9.18 Å². The molecule has 6 nitrogen and oxygen atoms in total. The molecule has 5 rings (SSSR count). The molecule has 1 amide bonds. The van der Waals surface area contributed by atoms with Crippen molar-refractivity contribution in [2.45, 2.75) is 30.5 Å². The summed E-state index contributed by atoms with van der Waals surface area (Å²) in [5.41, 5.74) is 0.107. The zero-order valence-corrected chi connectivity index (χ0v) is 15.4. The molecule has 1 aliphatic carbocycles. The fourth-order valence-electron chi connectivity index (χ4n) is 4.62. The Morgan fingerprint density at radius 2 is 2.15 bits per heavy atom. The number of pyridine rings is 1. The highest BCUT2D eigenvalue weighted by molar-refractivity contribution is 5.88. The largest absolute Gasteiger partial charge is 0.383 e. The van der Waals surface area contributed by atoms with E-state index in [0.29, 0.717) is 39.1 Å². The lowest BCUT2D eigenvalue weighted by Crippen LogP contribution is -2.54. The number of carbonyl (C=O) groups excluding carboxylic acids is 1. The van der Waals surface area contributed by atoms with E-state index in [2.05, 4.69) is 26.6 Å². The number of methoxy groups -OCH3 is 1. The first-order valence-corrected chi connectivity index (χ1v) is 9.47. The van der Waals surface area contributed by atoms with Crippen molar-refractivity contribution in [1.29, 1.82) is 0 Å². The third-order valence-corrected chi connectivity index (χ3v) is 6.15. The number of alkyl halides is 1. The maximum absolute atomic E-state index is 14.4. The second-order valence-electron chi connectivity index (χ2n) is 7.73. The lowest BCUT2D eigenvalue weighted by atomic mass is 9.89. The lowest BCUT2D eigenvalue weighted by Gasteiger charge is -2.47. The summed E-state index contributed by atoms with van der Waals surface area (Å²) in [6.07, 6.45) is 5.27. The minimum atomic E-state index is -1.63. The molecule has 0 N–H and O–H groups in total. The van der Waals surface area contributed by atoms with Crippen LogP contribution >= 0.6 is 0 Å². The summed E-state index contributed by atoms with van der Waals surface area (Å²) >= 11 is 0. The van der Waals surface area contributed by atoms with Crippen molar-refractivity contribution in [2.24, 2.45) is 0 Å². The third kappa shape index (κ3) is 2.34. The SMILES string of the molecule is COCCN1c2cccnc2-n2cccc2[C@]12CCN(C(=O)C1(F)CC1)C2. The maximum Gasteiger partial charge on any atom is 0.260 e. The minimum absolute atomic E-state index is 0.346. The Morgan fingerprint density at radius 3 is 2.93 bits per heavy atom.